The van der Waals surface area contributed by atoms with Gasteiger partial charge >= 0.3 is 0 Å². The van der Waals surface area contributed by atoms with E-state index in [0.29, 0.717) is 22.0 Å². The van der Waals surface area contributed by atoms with Gasteiger partial charge in [-0.15, -0.1) is 4.83 Å². The molecule has 0 saturated carbocycles. The number of anilines is 1. The van der Waals surface area contributed by atoms with Gasteiger partial charge in [-0.05, 0) is 48.0 Å². The molecule has 1 aliphatic rings. The molecule has 3 N–H and O–H groups in total. The van der Waals surface area contributed by atoms with Gasteiger partial charge in [-0.1, -0.05) is 11.6 Å². The first kappa shape index (κ1) is 18.2. The maximum Gasteiger partial charge on any atom is 0.272 e. The number of carbonyl (C=O) groups excluding carboxylic acids is 2. The maximum atomic E-state index is 12.2. The summed E-state index contributed by atoms with van der Waals surface area (Å²) in [6, 6.07) is 10.6. The fourth-order valence-corrected chi connectivity index (χ4v) is 3.31. The zero-order valence-electron chi connectivity index (χ0n) is 13.3. The van der Waals surface area contributed by atoms with E-state index >= 15 is 0 Å². The van der Waals surface area contributed by atoms with Crippen LogP contribution in [0.3, 0.4) is 0 Å². The second-order valence-electron chi connectivity index (χ2n) is 5.44. The number of hydrogen-bond donors (Lipinski definition) is 3. The number of hydrazine groups is 1. The molecule has 10 heteroatoms. The Morgan fingerprint density at radius 1 is 1.19 bits per heavy atom. The molecule has 0 saturated heterocycles. The fraction of sp³-hybridized carbons (Fsp3) is 0.125. The number of halogens is 1. The Morgan fingerprint density at radius 2 is 1.92 bits per heavy atom. The van der Waals surface area contributed by atoms with Crippen LogP contribution in [0, 0.1) is 0 Å². The normalized spacial score (nSPS) is 13.0. The number of ether oxygens (including phenoxy) is 1. The van der Waals surface area contributed by atoms with E-state index in [1.165, 1.54) is 18.2 Å². The molecule has 1 aliphatic heterocycles. The average Bonchev–Trinajstić information content (AvgIpc) is 2.98. The lowest BCUT2D eigenvalue weighted by Crippen LogP contribution is -2.43. The standard InChI is InChI=1S/C16H14ClN3O5S/c17-11-1-3-12(4-2-11)25-9-16(22)19-20-26(23,24)13-5-6-14-10(7-13)8-15(21)18-14/h1-7,20H,8-9H2,(H,18,21)(H,19,22). The monoisotopic (exact) mass is 395 g/mol. The summed E-state index contributed by atoms with van der Waals surface area (Å²) in [5.41, 5.74) is 3.23. The first-order valence-electron chi connectivity index (χ1n) is 7.45. The van der Waals surface area contributed by atoms with E-state index in [2.05, 4.69) is 10.7 Å². The second kappa shape index (κ2) is 7.32. The smallest absolute Gasteiger partial charge is 0.272 e. The Morgan fingerprint density at radius 3 is 2.65 bits per heavy atom. The van der Waals surface area contributed by atoms with Crippen LogP contribution in [-0.4, -0.2) is 26.8 Å². The first-order valence-corrected chi connectivity index (χ1v) is 9.31. The molecule has 2 aromatic rings. The summed E-state index contributed by atoms with van der Waals surface area (Å²) in [5.74, 6) is -0.458. The summed E-state index contributed by atoms with van der Waals surface area (Å²) in [5, 5.41) is 3.14. The van der Waals surface area contributed by atoms with Crippen molar-refractivity contribution in [2.24, 2.45) is 0 Å². The summed E-state index contributed by atoms with van der Waals surface area (Å²) >= 11 is 5.74. The van der Waals surface area contributed by atoms with Crippen molar-refractivity contribution in [3.8, 4) is 5.75 Å². The highest BCUT2D eigenvalue weighted by molar-refractivity contribution is 7.89. The van der Waals surface area contributed by atoms with Crippen LogP contribution in [0.2, 0.25) is 5.02 Å². The van der Waals surface area contributed by atoms with Crippen molar-refractivity contribution >= 4 is 39.1 Å². The molecule has 0 unspecified atom stereocenters. The number of amides is 2. The largest absolute Gasteiger partial charge is 0.484 e. The summed E-state index contributed by atoms with van der Waals surface area (Å²) in [6.07, 6.45) is 0.111. The summed E-state index contributed by atoms with van der Waals surface area (Å²) in [7, 11) is -3.98. The minimum atomic E-state index is -3.98. The molecule has 3 rings (SSSR count). The van der Waals surface area contributed by atoms with Gasteiger partial charge in [-0.3, -0.25) is 15.0 Å². The van der Waals surface area contributed by atoms with Gasteiger partial charge in [0.1, 0.15) is 5.75 Å². The molecular formula is C16H14ClN3O5S. The molecule has 26 heavy (non-hydrogen) atoms. The average molecular weight is 396 g/mol. The minimum Gasteiger partial charge on any atom is -0.484 e. The Hall–Kier alpha value is -2.62. The Balaban J connectivity index is 1.56. The molecule has 0 spiro atoms. The molecule has 8 nitrogen and oxygen atoms in total. The number of nitrogens with one attached hydrogen (secondary N) is 3. The lowest BCUT2D eigenvalue weighted by atomic mass is 10.2. The van der Waals surface area contributed by atoms with Crippen LogP contribution in [0.15, 0.2) is 47.4 Å². The van der Waals surface area contributed by atoms with Crippen molar-refractivity contribution in [3.63, 3.8) is 0 Å². The second-order valence-corrected chi connectivity index (χ2v) is 7.56. The quantitative estimate of drug-likeness (QED) is 0.636. The molecule has 0 aliphatic carbocycles. The van der Waals surface area contributed by atoms with E-state index in [1.54, 1.807) is 24.3 Å². The summed E-state index contributed by atoms with van der Waals surface area (Å²) < 4.78 is 29.7. The zero-order chi connectivity index (χ0) is 18.7. The van der Waals surface area contributed by atoms with E-state index in [-0.39, 0.29) is 23.8 Å². The molecule has 0 atom stereocenters. The molecule has 0 radical (unpaired) electrons. The van der Waals surface area contributed by atoms with Crippen LogP contribution < -0.4 is 20.3 Å². The van der Waals surface area contributed by atoms with Gasteiger partial charge in [0.2, 0.25) is 5.91 Å². The predicted molar refractivity (Wildman–Crippen MR) is 94.2 cm³/mol. The van der Waals surface area contributed by atoms with Crippen LogP contribution in [0.5, 0.6) is 5.75 Å². The van der Waals surface area contributed by atoms with E-state index in [9.17, 15) is 18.0 Å². The summed E-state index contributed by atoms with van der Waals surface area (Å²) in [4.78, 5) is 25.0. The Bertz CT molecular complexity index is 960. The number of rotatable bonds is 6. The minimum absolute atomic E-state index is 0.0633. The molecule has 1 heterocycles. The van der Waals surface area contributed by atoms with E-state index in [0.717, 1.165) is 0 Å². The third-order valence-electron chi connectivity index (χ3n) is 3.52. The molecule has 0 fully saturated rings. The van der Waals surface area contributed by atoms with E-state index in [4.69, 9.17) is 16.3 Å². The highest BCUT2D eigenvalue weighted by Crippen LogP contribution is 2.25. The van der Waals surface area contributed by atoms with Crippen LogP contribution >= 0.6 is 11.6 Å². The van der Waals surface area contributed by atoms with Crippen molar-refractivity contribution in [2.75, 3.05) is 11.9 Å². The van der Waals surface area contributed by atoms with Gasteiger partial charge in [0.25, 0.3) is 15.9 Å². The Kier molecular flexibility index (Phi) is 5.12. The molecule has 0 bridgehead atoms. The van der Waals surface area contributed by atoms with Crippen molar-refractivity contribution in [1.82, 2.24) is 10.3 Å². The van der Waals surface area contributed by atoms with Crippen molar-refractivity contribution in [2.45, 2.75) is 11.3 Å². The van der Waals surface area contributed by atoms with Gasteiger partial charge in [0.15, 0.2) is 6.61 Å². The molecule has 2 amide bonds. The lowest BCUT2D eigenvalue weighted by molar-refractivity contribution is -0.123. The third-order valence-corrected chi connectivity index (χ3v) is 5.02. The van der Waals surface area contributed by atoms with Crippen LogP contribution in [0.25, 0.3) is 0 Å². The van der Waals surface area contributed by atoms with Gasteiger partial charge in [0.05, 0.1) is 11.3 Å². The predicted octanol–water partition coefficient (Wildman–Crippen LogP) is 1.22. The molecule has 136 valence electrons. The zero-order valence-corrected chi connectivity index (χ0v) is 14.9. The first-order chi connectivity index (χ1) is 12.3. The molecule has 0 aromatic heterocycles. The summed E-state index contributed by atoms with van der Waals surface area (Å²) in [6.45, 7) is -0.382. The number of fused-ring (bicyclic) bond motifs is 1. The number of sulfonamides is 1. The SMILES string of the molecule is O=C(COc1ccc(Cl)cc1)NNS(=O)(=O)c1ccc2c(c1)CC(=O)N2. The van der Waals surface area contributed by atoms with Crippen LogP contribution in [0.1, 0.15) is 5.56 Å². The van der Waals surface area contributed by atoms with Crippen LogP contribution in [-0.2, 0) is 26.0 Å². The van der Waals surface area contributed by atoms with E-state index in [1.807, 2.05) is 4.83 Å². The third kappa shape index (κ3) is 4.31. The Labute approximate surface area is 154 Å². The highest BCUT2D eigenvalue weighted by atomic mass is 35.5. The van der Waals surface area contributed by atoms with Crippen LogP contribution in [0.4, 0.5) is 5.69 Å². The topological polar surface area (TPSA) is 114 Å². The number of hydrogen-bond acceptors (Lipinski definition) is 5. The van der Waals surface area contributed by atoms with Crippen molar-refractivity contribution in [1.29, 1.82) is 0 Å². The number of carbonyl (C=O) groups is 2. The lowest BCUT2D eigenvalue weighted by Gasteiger charge is -2.10. The maximum absolute atomic E-state index is 12.2. The number of benzene rings is 2. The highest BCUT2D eigenvalue weighted by Gasteiger charge is 2.22. The van der Waals surface area contributed by atoms with Crippen molar-refractivity contribution in [3.05, 3.63) is 53.1 Å². The molecular weight excluding hydrogens is 382 g/mol. The van der Waals surface area contributed by atoms with Gasteiger partial charge in [-0.25, -0.2) is 8.42 Å². The van der Waals surface area contributed by atoms with Crippen molar-refractivity contribution < 1.29 is 22.7 Å². The van der Waals surface area contributed by atoms with Gasteiger partial charge in [0, 0.05) is 10.7 Å². The molecule has 2 aromatic carbocycles. The van der Waals surface area contributed by atoms with Gasteiger partial charge < -0.3 is 10.1 Å². The van der Waals surface area contributed by atoms with E-state index < -0.39 is 15.9 Å². The van der Waals surface area contributed by atoms with Gasteiger partial charge in [-0.2, -0.15) is 0 Å². The fourth-order valence-electron chi connectivity index (χ4n) is 2.27.